The van der Waals surface area contributed by atoms with Crippen LogP contribution in [0.5, 0.6) is 0 Å². The Balaban J connectivity index is 2.01. The van der Waals surface area contributed by atoms with E-state index in [0.717, 1.165) is 31.9 Å². The molecule has 0 spiro atoms. The first-order chi connectivity index (χ1) is 10.8. The fourth-order valence-electron chi connectivity index (χ4n) is 2.69. The van der Waals surface area contributed by atoms with Crippen molar-refractivity contribution in [3.8, 4) is 0 Å². The number of amides is 1. The molecule has 0 bridgehead atoms. The molecule has 8 nitrogen and oxygen atoms in total. The maximum atomic E-state index is 12.2. The first-order valence-corrected chi connectivity index (χ1v) is 9.14. The second kappa shape index (κ2) is 7.12. The second-order valence-electron chi connectivity index (χ2n) is 5.79. The van der Waals surface area contributed by atoms with E-state index in [1.807, 2.05) is 6.92 Å². The van der Waals surface area contributed by atoms with Gasteiger partial charge in [-0.2, -0.15) is 0 Å². The van der Waals surface area contributed by atoms with Crippen molar-refractivity contribution in [2.45, 2.75) is 43.8 Å². The van der Waals surface area contributed by atoms with Crippen LogP contribution in [0.15, 0.2) is 11.4 Å². The lowest BCUT2D eigenvalue weighted by Gasteiger charge is -2.29. The van der Waals surface area contributed by atoms with Gasteiger partial charge in [0.05, 0.1) is 13.3 Å². The van der Waals surface area contributed by atoms with E-state index in [0.29, 0.717) is 5.92 Å². The summed E-state index contributed by atoms with van der Waals surface area (Å²) in [7, 11) is -2.76. The predicted molar refractivity (Wildman–Crippen MR) is 81.5 cm³/mol. The number of aromatic nitrogens is 2. The molecule has 2 N–H and O–H groups in total. The number of methoxy groups -OCH3 is 1. The van der Waals surface area contributed by atoms with Gasteiger partial charge < -0.3 is 15.0 Å². The second-order valence-corrected chi connectivity index (χ2v) is 7.69. The molecule has 0 aromatic carbocycles. The zero-order valence-electron chi connectivity index (χ0n) is 13.2. The fourth-order valence-corrected chi connectivity index (χ4v) is 3.74. The van der Waals surface area contributed by atoms with Gasteiger partial charge in [0.25, 0.3) is 0 Å². The number of H-pyrrole nitrogens is 1. The van der Waals surface area contributed by atoms with Crippen LogP contribution in [-0.4, -0.2) is 49.2 Å². The highest BCUT2D eigenvalue weighted by molar-refractivity contribution is 7.91. The number of carbonyl (C=O) groups is 2. The van der Waals surface area contributed by atoms with Crippen LogP contribution in [0.25, 0.3) is 0 Å². The Morgan fingerprint density at radius 2 is 2.09 bits per heavy atom. The highest BCUT2D eigenvalue weighted by Gasteiger charge is 2.27. The minimum atomic E-state index is -3.94. The number of imidazole rings is 1. The topological polar surface area (TPSA) is 118 Å². The normalized spacial score (nSPS) is 21.7. The van der Waals surface area contributed by atoms with Crippen LogP contribution in [0.2, 0.25) is 0 Å². The van der Waals surface area contributed by atoms with Crippen molar-refractivity contribution in [3.63, 3.8) is 0 Å². The minimum Gasteiger partial charge on any atom is -0.464 e. The molecule has 1 fully saturated rings. The molecule has 1 aromatic heterocycles. The largest absolute Gasteiger partial charge is 0.464 e. The van der Waals surface area contributed by atoms with E-state index < -0.39 is 32.6 Å². The molecule has 1 aromatic rings. The summed E-state index contributed by atoms with van der Waals surface area (Å²) in [4.78, 5) is 29.3. The predicted octanol–water partition coefficient (Wildman–Crippen LogP) is 0.665. The van der Waals surface area contributed by atoms with E-state index in [1.54, 1.807) is 0 Å². The van der Waals surface area contributed by atoms with Crippen LogP contribution in [0.1, 0.15) is 43.1 Å². The molecule has 128 valence electrons. The smallest absolute Gasteiger partial charge is 0.356 e. The molecule has 2 rings (SSSR count). The Morgan fingerprint density at radius 1 is 1.39 bits per heavy atom. The lowest BCUT2D eigenvalue weighted by atomic mass is 9.86. The van der Waals surface area contributed by atoms with Crippen LogP contribution >= 0.6 is 0 Å². The Labute approximate surface area is 134 Å². The number of sulfone groups is 1. The van der Waals surface area contributed by atoms with Gasteiger partial charge in [0.2, 0.25) is 20.9 Å². The molecule has 0 unspecified atom stereocenters. The van der Waals surface area contributed by atoms with Crippen molar-refractivity contribution >= 4 is 21.7 Å². The van der Waals surface area contributed by atoms with Crippen LogP contribution in [0.4, 0.5) is 0 Å². The van der Waals surface area contributed by atoms with E-state index in [4.69, 9.17) is 0 Å². The summed E-state index contributed by atoms with van der Waals surface area (Å²) in [5.74, 6) is -1.64. The Morgan fingerprint density at radius 3 is 2.74 bits per heavy atom. The molecule has 2 atom stereocenters. The third kappa shape index (κ3) is 4.31. The Bertz CT molecular complexity index is 682. The summed E-state index contributed by atoms with van der Waals surface area (Å²) in [6.07, 6.45) is 5.12. The molecule has 1 heterocycles. The lowest BCUT2D eigenvalue weighted by Crippen LogP contribution is -2.43. The average molecular weight is 343 g/mol. The van der Waals surface area contributed by atoms with Crippen molar-refractivity contribution in [3.05, 3.63) is 11.9 Å². The lowest BCUT2D eigenvalue weighted by molar-refractivity contribution is -0.119. The number of carbonyl (C=O) groups excluding carboxylic acids is 2. The van der Waals surface area contributed by atoms with Crippen LogP contribution in [0, 0.1) is 5.92 Å². The van der Waals surface area contributed by atoms with Gasteiger partial charge in [0, 0.05) is 6.04 Å². The van der Waals surface area contributed by atoms with Crippen LogP contribution in [0.3, 0.4) is 0 Å². The van der Waals surface area contributed by atoms with Gasteiger partial charge in [0.1, 0.15) is 11.4 Å². The van der Waals surface area contributed by atoms with Gasteiger partial charge in [-0.25, -0.2) is 18.2 Å². The SMILES string of the molecule is COC(=O)c1cnc(S(=O)(=O)CC(=O)N[C@@H]2CCCC[C@@H]2C)[nH]1. The Hall–Kier alpha value is -1.90. The summed E-state index contributed by atoms with van der Waals surface area (Å²) in [6, 6.07) is 0.00804. The molecular formula is C14H21N3O5S. The molecule has 1 saturated carbocycles. The summed E-state index contributed by atoms with van der Waals surface area (Å²) < 4.78 is 28.8. The molecule has 0 saturated heterocycles. The standard InChI is InChI=1S/C14H21N3O5S/c1-9-5-3-4-6-10(9)16-12(18)8-23(20,21)14-15-7-11(17-14)13(19)22-2/h7,9-10H,3-6,8H2,1-2H3,(H,15,17)(H,16,18)/t9-,10+/m0/s1. The summed E-state index contributed by atoms with van der Waals surface area (Å²) in [5, 5.41) is 2.37. The van der Waals surface area contributed by atoms with E-state index in [1.165, 1.54) is 7.11 Å². The summed E-state index contributed by atoms with van der Waals surface area (Å²) in [5.41, 5.74) is -0.0765. The van der Waals surface area contributed by atoms with Gasteiger partial charge >= 0.3 is 5.97 Å². The maximum absolute atomic E-state index is 12.2. The number of ether oxygens (including phenoxy) is 1. The molecule has 1 aliphatic carbocycles. The van der Waals surface area contributed by atoms with Crippen molar-refractivity contribution in [2.75, 3.05) is 12.9 Å². The first kappa shape index (κ1) is 17.5. The highest BCUT2D eigenvalue weighted by Crippen LogP contribution is 2.23. The van der Waals surface area contributed by atoms with Gasteiger partial charge in [0.15, 0.2) is 0 Å². The molecule has 23 heavy (non-hydrogen) atoms. The first-order valence-electron chi connectivity index (χ1n) is 7.49. The van der Waals surface area contributed by atoms with Crippen molar-refractivity contribution in [1.82, 2.24) is 15.3 Å². The van der Waals surface area contributed by atoms with E-state index >= 15 is 0 Å². The number of aromatic amines is 1. The number of rotatable bonds is 5. The summed E-state index contributed by atoms with van der Waals surface area (Å²) >= 11 is 0. The number of hydrogen-bond donors (Lipinski definition) is 2. The monoisotopic (exact) mass is 343 g/mol. The van der Waals surface area contributed by atoms with Crippen LogP contribution in [-0.2, 0) is 19.4 Å². The molecule has 0 aliphatic heterocycles. The van der Waals surface area contributed by atoms with E-state index in [2.05, 4.69) is 20.0 Å². The Kier molecular flexibility index (Phi) is 5.40. The van der Waals surface area contributed by atoms with Gasteiger partial charge in [-0.15, -0.1) is 0 Å². The van der Waals surface area contributed by atoms with Gasteiger partial charge in [-0.05, 0) is 18.8 Å². The molecule has 1 aliphatic rings. The number of hydrogen-bond acceptors (Lipinski definition) is 6. The van der Waals surface area contributed by atoms with Gasteiger partial charge in [-0.3, -0.25) is 4.79 Å². The van der Waals surface area contributed by atoms with Gasteiger partial charge in [-0.1, -0.05) is 19.8 Å². The third-order valence-corrected chi connectivity index (χ3v) is 5.47. The molecule has 9 heteroatoms. The quantitative estimate of drug-likeness (QED) is 0.758. The van der Waals surface area contributed by atoms with Crippen molar-refractivity contribution < 1.29 is 22.7 Å². The summed E-state index contributed by atoms with van der Waals surface area (Å²) in [6.45, 7) is 2.05. The number of nitrogens with one attached hydrogen (secondary N) is 2. The highest BCUT2D eigenvalue weighted by atomic mass is 32.2. The minimum absolute atomic E-state index is 0.00804. The molecule has 0 radical (unpaired) electrons. The molecular weight excluding hydrogens is 322 g/mol. The maximum Gasteiger partial charge on any atom is 0.356 e. The zero-order chi connectivity index (χ0) is 17.0. The zero-order valence-corrected chi connectivity index (χ0v) is 14.0. The number of nitrogens with zero attached hydrogens (tertiary/aromatic N) is 1. The average Bonchev–Trinajstić information content (AvgIpc) is 2.99. The van der Waals surface area contributed by atoms with Crippen molar-refractivity contribution in [1.29, 1.82) is 0 Å². The third-order valence-electron chi connectivity index (χ3n) is 4.03. The van der Waals surface area contributed by atoms with E-state index in [9.17, 15) is 18.0 Å². The fraction of sp³-hybridized carbons (Fsp3) is 0.643. The van der Waals surface area contributed by atoms with Crippen molar-refractivity contribution in [2.24, 2.45) is 5.92 Å². The molecule has 1 amide bonds. The number of esters is 1. The van der Waals surface area contributed by atoms with Crippen LogP contribution < -0.4 is 5.32 Å². The van der Waals surface area contributed by atoms with E-state index in [-0.39, 0.29) is 11.7 Å².